The van der Waals surface area contributed by atoms with Crippen LogP contribution >= 0.6 is 0 Å². The zero-order valence-electron chi connectivity index (χ0n) is 15.3. The second kappa shape index (κ2) is 9.12. The molecule has 0 unspecified atom stereocenters. The highest BCUT2D eigenvalue weighted by Crippen LogP contribution is 2.14. The molecule has 0 aromatic heterocycles. The van der Waals surface area contributed by atoms with Crippen molar-refractivity contribution < 1.29 is 22.7 Å². The van der Waals surface area contributed by atoms with Gasteiger partial charge in [0.15, 0.2) is 6.10 Å². The Kier molecular flexibility index (Phi) is 6.87. The summed E-state index contributed by atoms with van der Waals surface area (Å²) in [7, 11) is -4.08. The molecule has 2 aromatic carbocycles. The van der Waals surface area contributed by atoms with Crippen LogP contribution < -0.4 is 10.0 Å². The standard InChI is InChI=1S/C19H19N3O5S/c1-13-6-5-8-16(10-13)22-19(24)14(2)27-18(23)12-21-28(25,26)17-9-4-3-7-15(17)11-20/h3-10,14,21H,12H2,1-2H3,(H,22,24)/t14-/m1/s1. The Morgan fingerprint density at radius 3 is 2.57 bits per heavy atom. The molecule has 0 saturated heterocycles. The summed E-state index contributed by atoms with van der Waals surface area (Å²) in [5, 5.41) is 11.6. The quantitative estimate of drug-likeness (QED) is 0.681. The molecule has 2 aromatic rings. The highest BCUT2D eigenvalue weighted by molar-refractivity contribution is 7.89. The fourth-order valence-corrected chi connectivity index (χ4v) is 3.41. The van der Waals surface area contributed by atoms with E-state index in [2.05, 4.69) is 10.0 Å². The molecule has 0 saturated carbocycles. The van der Waals surface area contributed by atoms with Crippen LogP contribution in [0.15, 0.2) is 53.4 Å². The number of nitriles is 1. The van der Waals surface area contributed by atoms with E-state index in [0.717, 1.165) is 5.56 Å². The van der Waals surface area contributed by atoms with Crippen LogP contribution in [0.4, 0.5) is 5.69 Å². The topological polar surface area (TPSA) is 125 Å². The minimum absolute atomic E-state index is 0.0470. The van der Waals surface area contributed by atoms with E-state index in [1.54, 1.807) is 24.3 Å². The van der Waals surface area contributed by atoms with Gasteiger partial charge in [-0.2, -0.15) is 9.98 Å². The molecule has 0 spiro atoms. The van der Waals surface area contributed by atoms with E-state index in [-0.39, 0.29) is 10.5 Å². The van der Waals surface area contributed by atoms with E-state index >= 15 is 0 Å². The molecule has 9 heteroatoms. The van der Waals surface area contributed by atoms with Crippen LogP contribution in [0.25, 0.3) is 0 Å². The van der Waals surface area contributed by atoms with Crippen LogP contribution in [0.1, 0.15) is 18.1 Å². The van der Waals surface area contributed by atoms with Gasteiger partial charge in [-0.25, -0.2) is 8.42 Å². The van der Waals surface area contributed by atoms with Gasteiger partial charge in [-0.05, 0) is 43.7 Å². The number of hydrogen-bond acceptors (Lipinski definition) is 6. The maximum absolute atomic E-state index is 12.3. The van der Waals surface area contributed by atoms with Crippen molar-refractivity contribution in [2.24, 2.45) is 0 Å². The number of rotatable bonds is 7. The first-order valence-electron chi connectivity index (χ1n) is 8.29. The van der Waals surface area contributed by atoms with Gasteiger partial charge in [-0.1, -0.05) is 24.3 Å². The summed E-state index contributed by atoms with van der Waals surface area (Å²) in [5.74, 6) is -1.47. The number of carbonyl (C=O) groups excluding carboxylic acids is 2. The van der Waals surface area contributed by atoms with Crippen LogP contribution in [-0.4, -0.2) is 32.9 Å². The zero-order chi connectivity index (χ0) is 20.7. The van der Waals surface area contributed by atoms with Crippen LogP contribution in [0.5, 0.6) is 0 Å². The molecular formula is C19H19N3O5S. The lowest BCUT2D eigenvalue weighted by molar-refractivity contribution is -0.151. The van der Waals surface area contributed by atoms with Crippen molar-refractivity contribution in [1.82, 2.24) is 4.72 Å². The van der Waals surface area contributed by atoms with E-state index in [9.17, 15) is 18.0 Å². The minimum Gasteiger partial charge on any atom is -0.452 e. The maximum atomic E-state index is 12.3. The lowest BCUT2D eigenvalue weighted by Gasteiger charge is -2.14. The molecule has 0 bridgehead atoms. The highest BCUT2D eigenvalue weighted by Gasteiger charge is 2.22. The fraction of sp³-hybridized carbons (Fsp3) is 0.211. The van der Waals surface area contributed by atoms with Crippen molar-refractivity contribution >= 4 is 27.6 Å². The van der Waals surface area contributed by atoms with Crippen molar-refractivity contribution in [2.45, 2.75) is 24.8 Å². The van der Waals surface area contributed by atoms with E-state index in [1.807, 2.05) is 13.0 Å². The van der Waals surface area contributed by atoms with Gasteiger partial charge in [0.2, 0.25) is 10.0 Å². The third-order valence-electron chi connectivity index (χ3n) is 3.67. The first-order valence-corrected chi connectivity index (χ1v) is 9.77. The predicted molar refractivity (Wildman–Crippen MR) is 102 cm³/mol. The number of esters is 1. The summed E-state index contributed by atoms with van der Waals surface area (Å²) < 4.78 is 31.5. The second-order valence-electron chi connectivity index (χ2n) is 5.92. The molecule has 0 radical (unpaired) electrons. The molecule has 8 nitrogen and oxygen atoms in total. The number of nitrogens with zero attached hydrogens (tertiary/aromatic N) is 1. The Hall–Kier alpha value is -3.22. The Morgan fingerprint density at radius 1 is 1.18 bits per heavy atom. The van der Waals surface area contributed by atoms with Gasteiger partial charge in [-0.3, -0.25) is 9.59 Å². The van der Waals surface area contributed by atoms with Crippen LogP contribution in [0.2, 0.25) is 0 Å². The zero-order valence-corrected chi connectivity index (χ0v) is 16.1. The van der Waals surface area contributed by atoms with Crippen molar-refractivity contribution in [3.8, 4) is 6.07 Å². The molecular weight excluding hydrogens is 382 g/mol. The molecule has 0 aliphatic carbocycles. The number of carbonyl (C=O) groups is 2. The number of aryl methyl sites for hydroxylation is 1. The monoisotopic (exact) mass is 401 g/mol. The summed E-state index contributed by atoms with van der Waals surface area (Å²) in [6.07, 6.45) is -1.12. The normalized spacial score (nSPS) is 11.9. The number of hydrogen-bond donors (Lipinski definition) is 2. The average molecular weight is 401 g/mol. The minimum atomic E-state index is -4.08. The Labute approximate surface area is 163 Å². The number of anilines is 1. The summed E-state index contributed by atoms with van der Waals surface area (Å²) in [4.78, 5) is 23.8. The van der Waals surface area contributed by atoms with E-state index in [4.69, 9.17) is 10.00 Å². The Bertz CT molecular complexity index is 1030. The molecule has 2 rings (SSSR count). The van der Waals surface area contributed by atoms with E-state index < -0.39 is 34.5 Å². The lowest BCUT2D eigenvalue weighted by atomic mass is 10.2. The van der Waals surface area contributed by atoms with Crippen molar-refractivity contribution in [3.05, 3.63) is 59.7 Å². The molecule has 146 valence electrons. The van der Waals surface area contributed by atoms with Crippen LogP contribution in [-0.2, 0) is 24.3 Å². The number of nitrogens with one attached hydrogen (secondary N) is 2. The molecule has 0 heterocycles. The van der Waals surface area contributed by atoms with E-state index in [0.29, 0.717) is 5.69 Å². The first kappa shape index (κ1) is 21.1. The van der Waals surface area contributed by atoms with Crippen molar-refractivity contribution in [1.29, 1.82) is 5.26 Å². The number of amides is 1. The largest absolute Gasteiger partial charge is 0.452 e. The fourth-order valence-electron chi connectivity index (χ4n) is 2.28. The third-order valence-corrected chi connectivity index (χ3v) is 5.13. The van der Waals surface area contributed by atoms with Crippen molar-refractivity contribution in [3.63, 3.8) is 0 Å². The molecule has 0 aliphatic heterocycles. The SMILES string of the molecule is Cc1cccc(NC(=O)[C@@H](C)OC(=O)CNS(=O)(=O)c2ccccc2C#N)c1. The van der Waals surface area contributed by atoms with E-state index in [1.165, 1.54) is 31.2 Å². The maximum Gasteiger partial charge on any atom is 0.321 e. The van der Waals surface area contributed by atoms with Gasteiger partial charge in [-0.15, -0.1) is 0 Å². The Balaban J connectivity index is 1.92. The highest BCUT2D eigenvalue weighted by atomic mass is 32.2. The van der Waals surface area contributed by atoms with Gasteiger partial charge in [0.25, 0.3) is 5.91 Å². The Morgan fingerprint density at radius 2 is 1.89 bits per heavy atom. The number of sulfonamides is 1. The van der Waals surface area contributed by atoms with Gasteiger partial charge in [0, 0.05) is 5.69 Å². The third kappa shape index (κ3) is 5.64. The summed E-state index contributed by atoms with van der Waals surface area (Å²) >= 11 is 0. The van der Waals surface area contributed by atoms with Crippen LogP contribution in [0, 0.1) is 18.3 Å². The second-order valence-corrected chi connectivity index (χ2v) is 7.66. The molecule has 1 amide bonds. The summed E-state index contributed by atoms with van der Waals surface area (Å²) in [6.45, 7) is 2.57. The molecule has 1 atom stereocenters. The number of benzene rings is 2. The lowest BCUT2D eigenvalue weighted by Crippen LogP contribution is -2.36. The van der Waals surface area contributed by atoms with Gasteiger partial charge < -0.3 is 10.1 Å². The molecule has 2 N–H and O–H groups in total. The first-order chi connectivity index (χ1) is 13.2. The summed E-state index contributed by atoms with van der Waals surface area (Å²) in [5.41, 5.74) is 1.46. The van der Waals surface area contributed by atoms with Crippen molar-refractivity contribution in [2.75, 3.05) is 11.9 Å². The van der Waals surface area contributed by atoms with Gasteiger partial charge >= 0.3 is 5.97 Å². The average Bonchev–Trinajstić information content (AvgIpc) is 2.66. The van der Waals surface area contributed by atoms with Gasteiger partial charge in [0.05, 0.1) is 10.5 Å². The predicted octanol–water partition coefficient (Wildman–Crippen LogP) is 1.72. The number of ether oxygens (including phenoxy) is 1. The molecule has 28 heavy (non-hydrogen) atoms. The molecule has 0 fully saturated rings. The van der Waals surface area contributed by atoms with Crippen LogP contribution in [0.3, 0.4) is 0 Å². The van der Waals surface area contributed by atoms with Gasteiger partial charge in [0.1, 0.15) is 12.6 Å². The summed E-state index contributed by atoms with van der Waals surface area (Å²) in [6, 6.07) is 14.5. The molecule has 0 aliphatic rings. The smallest absolute Gasteiger partial charge is 0.321 e.